The van der Waals surface area contributed by atoms with E-state index in [9.17, 15) is 0 Å². The zero-order valence-electron chi connectivity index (χ0n) is 13.0. The number of hydrogen-bond acceptors (Lipinski definition) is 5. The monoisotopic (exact) mass is 280 g/mol. The molecular formula is C15H28N4O. The van der Waals surface area contributed by atoms with Crippen molar-refractivity contribution in [2.45, 2.75) is 59.0 Å². The highest BCUT2D eigenvalue weighted by Gasteiger charge is 2.31. The van der Waals surface area contributed by atoms with Gasteiger partial charge in [0.1, 0.15) is 0 Å². The van der Waals surface area contributed by atoms with Gasteiger partial charge in [0.25, 0.3) is 0 Å². The van der Waals surface area contributed by atoms with Crippen molar-refractivity contribution < 1.29 is 4.52 Å². The fourth-order valence-electron chi connectivity index (χ4n) is 3.20. The Bertz CT molecular complexity index is 404. The summed E-state index contributed by atoms with van der Waals surface area (Å²) in [5.41, 5.74) is 5.89. The molecule has 1 fully saturated rings. The van der Waals surface area contributed by atoms with Gasteiger partial charge in [-0.3, -0.25) is 4.90 Å². The van der Waals surface area contributed by atoms with E-state index in [0.717, 1.165) is 37.8 Å². The quantitative estimate of drug-likeness (QED) is 0.829. The van der Waals surface area contributed by atoms with E-state index < -0.39 is 0 Å². The molecule has 0 saturated heterocycles. The summed E-state index contributed by atoms with van der Waals surface area (Å²) in [7, 11) is 0. The van der Waals surface area contributed by atoms with Gasteiger partial charge in [0.2, 0.25) is 5.89 Å². The molecular weight excluding hydrogens is 252 g/mol. The lowest BCUT2D eigenvalue weighted by Gasteiger charge is -2.30. The van der Waals surface area contributed by atoms with E-state index >= 15 is 0 Å². The van der Waals surface area contributed by atoms with Crippen LogP contribution >= 0.6 is 0 Å². The summed E-state index contributed by atoms with van der Waals surface area (Å²) in [5.74, 6) is 2.73. The second-order valence-electron chi connectivity index (χ2n) is 6.26. The number of nitrogens with zero attached hydrogens (tertiary/aromatic N) is 3. The maximum atomic E-state index is 5.89. The maximum absolute atomic E-state index is 5.89. The smallest absolute Gasteiger partial charge is 0.226 e. The molecule has 2 rings (SSSR count). The topological polar surface area (TPSA) is 68.2 Å². The van der Waals surface area contributed by atoms with Crippen molar-refractivity contribution in [3.8, 4) is 0 Å². The van der Waals surface area contributed by atoms with E-state index in [2.05, 4.69) is 35.8 Å². The molecule has 5 heteroatoms. The third-order valence-corrected chi connectivity index (χ3v) is 4.23. The predicted molar refractivity (Wildman–Crippen MR) is 79.1 cm³/mol. The molecule has 1 heterocycles. The minimum absolute atomic E-state index is 0.544. The highest BCUT2D eigenvalue weighted by Crippen LogP contribution is 2.29. The molecule has 1 aliphatic carbocycles. The van der Waals surface area contributed by atoms with Crippen LogP contribution in [0, 0.1) is 11.8 Å². The van der Waals surface area contributed by atoms with Gasteiger partial charge in [0.05, 0.1) is 6.54 Å². The van der Waals surface area contributed by atoms with Gasteiger partial charge in [0.15, 0.2) is 5.82 Å². The third kappa shape index (κ3) is 3.79. The molecule has 1 saturated carbocycles. The van der Waals surface area contributed by atoms with Crippen molar-refractivity contribution in [3.05, 3.63) is 11.7 Å². The Balaban J connectivity index is 1.97. The van der Waals surface area contributed by atoms with Crippen LogP contribution in [0.4, 0.5) is 0 Å². The van der Waals surface area contributed by atoms with Gasteiger partial charge < -0.3 is 10.3 Å². The second-order valence-corrected chi connectivity index (χ2v) is 6.26. The van der Waals surface area contributed by atoms with E-state index in [0.29, 0.717) is 17.9 Å². The first-order valence-corrected chi connectivity index (χ1v) is 7.89. The number of rotatable bonds is 7. The first-order chi connectivity index (χ1) is 9.63. The molecule has 0 aliphatic heterocycles. The van der Waals surface area contributed by atoms with Crippen LogP contribution in [-0.2, 0) is 13.0 Å². The SMILES string of the molecule is CCN(Cc1noc(CC(C)C)n1)C1CCCC1CN. The molecule has 5 nitrogen and oxygen atoms in total. The number of hydrogen-bond donors (Lipinski definition) is 1. The van der Waals surface area contributed by atoms with E-state index in [1.165, 1.54) is 19.3 Å². The Morgan fingerprint density at radius 1 is 1.40 bits per heavy atom. The molecule has 2 N–H and O–H groups in total. The first kappa shape index (κ1) is 15.4. The molecule has 0 spiro atoms. The zero-order chi connectivity index (χ0) is 14.5. The summed E-state index contributed by atoms with van der Waals surface area (Å²) in [5, 5.41) is 4.12. The van der Waals surface area contributed by atoms with Gasteiger partial charge >= 0.3 is 0 Å². The predicted octanol–water partition coefficient (Wildman–Crippen LogP) is 2.22. The molecule has 1 aromatic rings. The molecule has 0 radical (unpaired) electrons. The fourth-order valence-corrected chi connectivity index (χ4v) is 3.20. The Hall–Kier alpha value is -0.940. The van der Waals surface area contributed by atoms with Gasteiger partial charge in [-0.25, -0.2) is 0 Å². The van der Waals surface area contributed by atoms with Gasteiger partial charge in [0, 0.05) is 12.5 Å². The highest BCUT2D eigenvalue weighted by atomic mass is 16.5. The van der Waals surface area contributed by atoms with Crippen LogP contribution in [0.2, 0.25) is 0 Å². The summed E-state index contributed by atoms with van der Waals surface area (Å²) in [6.07, 6.45) is 4.64. The molecule has 0 amide bonds. The van der Waals surface area contributed by atoms with E-state index in [-0.39, 0.29) is 0 Å². The molecule has 0 aromatic carbocycles. The zero-order valence-corrected chi connectivity index (χ0v) is 13.0. The van der Waals surface area contributed by atoms with Gasteiger partial charge in [-0.2, -0.15) is 4.98 Å². The van der Waals surface area contributed by atoms with Crippen LogP contribution in [0.5, 0.6) is 0 Å². The van der Waals surface area contributed by atoms with Crippen molar-refractivity contribution in [3.63, 3.8) is 0 Å². The van der Waals surface area contributed by atoms with Crippen molar-refractivity contribution >= 4 is 0 Å². The van der Waals surface area contributed by atoms with Crippen LogP contribution in [0.25, 0.3) is 0 Å². The largest absolute Gasteiger partial charge is 0.339 e. The average Bonchev–Trinajstić information content (AvgIpc) is 3.03. The normalized spacial score (nSPS) is 23.1. The van der Waals surface area contributed by atoms with Crippen molar-refractivity contribution in [1.82, 2.24) is 15.0 Å². The number of nitrogens with two attached hydrogens (primary N) is 1. The van der Waals surface area contributed by atoms with Crippen LogP contribution in [0.15, 0.2) is 4.52 Å². The standard InChI is InChI=1S/C15H28N4O/c1-4-19(13-7-5-6-12(13)9-16)10-14-17-15(20-18-14)8-11(2)3/h11-13H,4-10,16H2,1-3H3. The summed E-state index contributed by atoms with van der Waals surface area (Å²) in [6.45, 7) is 9.08. The Morgan fingerprint density at radius 3 is 2.85 bits per heavy atom. The third-order valence-electron chi connectivity index (χ3n) is 4.23. The summed E-state index contributed by atoms with van der Waals surface area (Å²) in [4.78, 5) is 6.96. The Morgan fingerprint density at radius 2 is 2.20 bits per heavy atom. The Kier molecular flexibility index (Phi) is 5.54. The minimum atomic E-state index is 0.544. The maximum Gasteiger partial charge on any atom is 0.226 e. The lowest BCUT2D eigenvalue weighted by Crippen LogP contribution is -2.40. The van der Waals surface area contributed by atoms with E-state index in [4.69, 9.17) is 10.3 Å². The van der Waals surface area contributed by atoms with Gasteiger partial charge in [-0.15, -0.1) is 0 Å². The van der Waals surface area contributed by atoms with Crippen molar-refractivity contribution in [2.24, 2.45) is 17.6 Å². The lowest BCUT2D eigenvalue weighted by atomic mass is 10.0. The molecule has 1 aliphatic rings. The van der Waals surface area contributed by atoms with Crippen LogP contribution < -0.4 is 5.73 Å². The van der Waals surface area contributed by atoms with Crippen LogP contribution in [0.1, 0.15) is 51.7 Å². The fraction of sp³-hybridized carbons (Fsp3) is 0.867. The van der Waals surface area contributed by atoms with Crippen LogP contribution in [-0.4, -0.2) is 34.2 Å². The van der Waals surface area contributed by atoms with E-state index in [1.54, 1.807) is 0 Å². The van der Waals surface area contributed by atoms with Crippen molar-refractivity contribution in [1.29, 1.82) is 0 Å². The Labute approximate surface area is 121 Å². The summed E-state index contributed by atoms with van der Waals surface area (Å²) >= 11 is 0. The molecule has 2 atom stereocenters. The van der Waals surface area contributed by atoms with Crippen molar-refractivity contribution in [2.75, 3.05) is 13.1 Å². The van der Waals surface area contributed by atoms with Gasteiger partial charge in [-0.05, 0) is 37.8 Å². The van der Waals surface area contributed by atoms with E-state index in [1.807, 2.05) is 0 Å². The molecule has 114 valence electrons. The van der Waals surface area contributed by atoms with Gasteiger partial charge in [-0.1, -0.05) is 32.3 Å². The molecule has 1 aromatic heterocycles. The summed E-state index contributed by atoms with van der Waals surface area (Å²) < 4.78 is 5.32. The second kappa shape index (κ2) is 7.18. The average molecular weight is 280 g/mol. The van der Waals surface area contributed by atoms with Crippen LogP contribution in [0.3, 0.4) is 0 Å². The number of aromatic nitrogens is 2. The minimum Gasteiger partial charge on any atom is -0.339 e. The molecule has 0 bridgehead atoms. The lowest BCUT2D eigenvalue weighted by molar-refractivity contribution is 0.156. The summed E-state index contributed by atoms with van der Waals surface area (Å²) in [6, 6.07) is 0.581. The highest BCUT2D eigenvalue weighted by molar-refractivity contribution is 4.91. The molecule has 20 heavy (non-hydrogen) atoms. The first-order valence-electron chi connectivity index (χ1n) is 7.89. The molecule has 2 unspecified atom stereocenters.